The Morgan fingerprint density at radius 2 is 2.06 bits per heavy atom. The normalized spacial score (nSPS) is 13.9. The van der Waals surface area contributed by atoms with Crippen LogP contribution in [0, 0.1) is 5.41 Å². The minimum absolute atomic E-state index is 0.142. The highest BCUT2D eigenvalue weighted by molar-refractivity contribution is 7.98. The number of hydrogen-bond donors (Lipinski definition) is 0. The van der Waals surface area contributed by atoms with Crippen molar-refractivity contribution in [3.05, 3.63) is 0 Å². The Morgan fingerprint density at radius 1 is 1.50 bits per heavy atom. The molecular weight excluding hydrogens is 222 g/mol. The minimum atomic E-state index is -0.433. The fourth-order valence-electron chi connectivity index (χ4n) is 1.63. The fraction of sp³-hybridized carbons (Fsp3) is 0.917. The van der Waals surface area contributed by atoms with Gasteiger partial charge in [-0.3, -0.25) is 4.79 Å². The highest BCUT2D eigenvalue weighted by Crippen LogP contribution is 2.20. The zero-order valence-corrected chi connectivity index (χ0v) is 12.2. The van der Waals surface area contributed by atoms with Crippen molar-refractivity contribution in [1.29, 1.82) is 0 Å². The van der Waals surface area contributed by atoms with E-state index >= 15 is 0 Å². The molecule has 3 nitrogen and oxygen atoms in total. The van der Waals surface area contributed by atoms with E-state index in [0.717, 1.165) is 18.7 Å². The number of hydrogen-bond acceptors (Lipinski definition) is 4. The van der Waals surface area contributed by atoms with Crippen LogP contribution in [-0.4, -0.2) is 49.6 Å². The summed E-state index contributed by atoms with van der Waals surface area (Å²) in [5.74, 6) is 1.01. The molecule has 0 saturated heterocycles. The van der Waals surface area contributed by atoms with Crippen LogP contribution < -0.4 is 0 Å². The summed E-state index contributed by atoms with van der Waals surface area (Å²) in [5.41, 5.74) is -0.433. The van der Waals surface area contributed by atoms with Crippen molar-refractivity contribution >= 4 is 17.7 Å². The molecule has 0 spiro atoms. The van der Waals surface area contributed by atoms with Crippen molar-refractivity contribution in [2.75, 3.05) is 32.7 Å². The van der Waals surface area contributed by atoms with E-state index in [-0.39, 0.29) is 5.97 Å². The van der Waals surface area contributed by atoms with Gasteiger partial charge >= 0.3 is 5.97 Å². The molecule has 0 fully saturated rings. The molecule has 0 aliphatic carbocycles. The summed E-state index contributed by atoms with van der Waals surface area (Å²) in [4.78, 5) is 13.8. The van der Waals surface area contributed by atoms with Gasteiger partial charge in [-0.2, -0.15) is 11.8 Å². The Kier molecular flexibility index (Phi) is 7.07. The van der Waals surface area contributed by atoms with Crippen LogP contribution in [0.2, 0.25) is 0 Å². The third-order valence-electron chi connectivity index (χ3n) is 2.87. The largest absolute Gasteiger partial charge is 0.469 e. The van der Waals surface area contributed by atoms with E-state index in [2.05, 4.69) is 25.1 Å². The molecule has 96 valence electrons. The van der Waals surface area contributed by atoms with Crippen molar-refractivity contribution in [3.8, 4) is 0 Å². The Bertz CT molecular complexity index is 219. The SMILES string of the molecule is COC(=O)C(C)(C)CN(C)C(C)CCSC. The fourth-order valence-corrected chi connectivity index (χ4v) is 2.21. The predicted molar refractivity (Wildman–Crippen MR) is 70.9 cm³/mol. The molecule has 4 heteroatoms. The number of thioether (sulfide) groups is 1. The van der Waals surface area contributed by atoms with Gasteiger partial charge in [-0.1, -0.05) is 0 Å². The van der Waals surface area contributed by atoms with Gasteiger partial charge in [0.1, 0.15) is 0 Å². The van der Waals surface area contributed by atoms with Crippen molar-refractivity contribution in [1.82, 2.24) is 4.90 Å². The summed E-state index contributed by atoms with van der Waals surface area (Å²) < 4.78 is 4.81. The molecule has 0 saturated carbocycles. The third kappa shape index (κ3) is 5.21. The van der Waals surface area contributed by atoms with E-state index in [4.69, 9.17) is 4.74 Å². The van der Waals surface area contributed by atoms with E-state index in [1.807, 2.05) is 25.6 Å². The summed E-state index contributed by atoms with van der Waals surface area (Å²) in [5, 5.41) is 0. The first-order valence-electron chi connectivity index (χ1n) is 5.62. The molecule has 0 aromatic rings. The van der Waals surface area contributed by atoms with Gasteiger partial charge in [-0.05, 0) is 46.2 Å². The van der Waals surface area contributed by atoms with E-state index < -0.39 is 5.41 Å². The molecule has 0 aliphatic rings. The molecule has 0 N–H and O–H groups in total. The number of rotatable bonds is 7. The lowest BCUT2D eigenvalue weighted by atomic mass is 9.92. The van der Waals surface area contributed by atoms with Crippen LogP contribution in [0.4, 0.5) is 0 Å². The maximum atomic E-state index is 11.6. The minimum Gasteiger partial charge on any atom is -0.469 e. The van der Waals surface area contributed by atoms with E-state index in [0.29, 0.717) is 6.04 Å². The van der Waals surface area contributed by atoms with Gasteiger partial charge in [0.15, 0.2) is 0 Å². The van der Waals surface area contributed by atoms with Gasteiger partial charge in [0.2, 0.25) is 0 Å². The van der Waals surface area contributed by atoms with Gasteiger partial charge in [-0.25, -0.2) is 0 Å². The van der Waals surface area contributed by atoms with Gasteiger partial charge in [0, 0.05) is 12.6 Å². The molecule has 0 amide bonds. The molecule has 16 heavy (non-hydrogen) atoms. The van der Waals surface area contributed by atoms with Gasteiger partial charge in [-0.15, -0.1) is 0 Å². The third-order valence-corrected chi connectivity index (χ3v) is 3.52. The van der Waals surface area contributed by atoms with E-state index in [1.165, 1.54) is 7.11 Å². The van der Waals surface area contributed by atoms with Crippen LogP contribution in [0.25, 0.3) is 0 Å². The maximum Gasteiger partial charge on any atom is 0.312 e. The first-order chi connectivity index (χ1) is 7.35. The number of ether oxygens (including phenoxy) is 1. The Hall–Kier alpha value is -0.220. The number of carbonyl (C=O) groups is 1. The standard InChI is InChI=1S/C12H25NO2S/c1-10(7-8-16-6)13(4)9-12(2,3)11(14)15-5/h10H,7-9H2,1-6H3. The Labute approximate surface area is 104 Å². The first kappa shape index (κ1) is 15.8. The van der Waals surface area contributed by atoms with Crippen LogP contribution in [0.15, 0.2) is 0 Å². The second-order valence-electron chi connectivity index (χ2n) is 4.92. The van der Waals surface area contributed by atoms with E-state index in [1.54, 1.807) is 0 Å². The van der Waals surface area contributed by atoms with Crippen LogP contribution in [0.3, 0.4) is 0 Å². The molecular formula is C12H25NO2S. The van der Waals surface area contributed by atoms with Crippen LogP contribution in [0.1, 0.15) is 27.2 Å². The van der Waals surface area contributed by atoms with Gasteiger partial charge < -0.3 is 9.64 Å². The van der Waals surface area contributed by atoms with Crippen molar-refractivity contribution in [3.63, 3.8) is 0 Å². The molecule has 1 unspecified atom stereocenters. The zero-order valence-electron chi connectivity index (χ0n) is 11.4. The van der Waals surface area contributed by atoms with E-state index in [9.17, 15) is 4.79 Å². The number of carbonyl (C=O) groups excluding carboxylic acids is 1. The molecule has 1 atom stereocenters. The smallest absolute Gasteiger partial charge is 0.312 e. The predicted octanol–water partition coefficient (Wildman–Crippen LogP) is 2.26. The summed E-state index contributed by atoms with van der Waals surface area (Å²) >= 11 is 1.86. The lowest BCUT2D eigenvalue weighted by Gasteiger charge is -2.31. The van der Waals surface area contributed by atoms with Crippen molar-refractivity contribution in [2.24, 2.45) is 5.41 Å². The summed E-state index contributed by atoms with van der Waals surface area (Å²) in [6.45, 7) is 6.78. The van der Waals surface area contributed by atoms with Crippen LogP contribution in [-0.2, 0) is 9.53 Å². The number of esters is 1. The Balaban J connectivity index is 4.20. The second-order valence-corrected chi connectivity index (χ2v) is 5.91. The van der Waals surface area contributed by atoms with Crippen molar-refractivity contribution < 1.29 is 9.53 Å². The lowest BCUT2D eigenvalue weighted by molar-refractivity contribution is -0.151. The van der Waals surface area contributed by atoms with Gasteiger partial charge in [0.05, 0.1) is 12.5 Å². The van der Waals surface area contributed by atoms with Crippen LogP contribution in [0.5, 0.6) is 0 Å². The molecule has 0 aromatic carbocycles. The quantitative estimate of drug-likeness (QED) is 0.645. The number of nitrogens with zero attached hydrogens (tertiary/aromatic N) is 1. The molecule has 0 rings (SSSR count). The topological polar surface area (TPSA) is 29.5 Å². The summed E-state index contributed by atoms with van der Waals surface area (Å²) in [6.07, 6.45) is 3.26. The monoisotopic (exact) mass is 247 g/mol. The van der Waals surface area contributed by atoms with Crippen LogP contribution >= 0.6 is 11.8 Å². The lowest BCUT2D eigenvalue weighted by Crippen LogP contribution is -2.42. The molecule has 0 heterocycles. The average Bonchev–Trinajstić information content (AvgIpc) is 2.23. The highest BCUT2D eigenvalue weighted by atomic mass is 32.2. The summed E-state index contributed by atoms with van der Waals surface area (Å²) in [7, 11) is 3.51. The van der Waals surface area contributed by atoms with Crippen molar-refractivity contribution in [2.45, 2.75) is 33.2 Å². The summed E-state index contributed by atoms with van der Waals surface area (Å²) in [6, 6.07) is 0.497. The Morgan fingerprint density at radius 3 is 2.50 bits per heavy atom. The maximum absolute atomic E-state index is 11.6. The first-order valence-corrected chi connectivity index (χ1v) is 7.02. The highest BCUT2D eigenvalue weighted by Gasteiger charge is 2.31. The second kappa shape index (κ2) is 7.17. The molecule has 0 radical (unpaired) electrons. The molecule has 0 aromatic heterocycles. The average molecular weight is 247 g/mol. The molecule has 0 bridgehead atoms. The molecule has 0 aliphatic heterocycles. The zero-order chi connectivity index (χ0) is 12.8. The number of methoxy groups -OCH3 is 1. The van der Waals surface area contributed by atoms with Gasteiger partial charge in [0.25, 0.3) is 0 Å².